The fraction of sp³-hybridized carbons (Fsp3) is 0.579. The fourth-order valence-corrected chi connectivity index (χ4v) is 5.98. The van der Waals surface area contributed by atoms with E-state index in [-0.39, 0.29) is 16.5 Å². The number of azo groups is 1. The molecule has 1 heterocycles. The molecule has 3 aliphatic rings. The lowest BCUT2D eigenvalue weighted by molar-refractivity contribution is 0.164. The van der Waals surface area contributed by atoms with Gasteiger partial charge in [-0.15, -0.1) is 11.8 Å². The zero-order chi connectivity index (χ0) is 15.4. The number of rotatable bonds is 3. The molecule has 0 aromatic heterocycles. The van der Waals surface area contributed by atoms with Gasteiger partial charge in [0.15, 0.2) is 0 Å². The van der Waals surface area contributed by atoms with Crippen molar-refractivity contribution in [3.63, 3.8) is 0 Å². The van der Waals surface area contributed by atoms with E-state index in [9.17, 15) is 0 Å². The van der Waals surface area contributed by atoms with Crippen LogP contribution < -0.4 is 0 Å². The van der Waals surface area contributed by atoms with Crippen LogP contribution >= 0.6 is 11.8 Å². The smallest absolute Gasteiger partial charge is 0.117 e. The summed E-state index contributed by atoms with van der Waals surface area (Å²) in [5, 5.41) is 12.2. The number of hydrogen-bond donors (Lipinski definition) is 0. The molecule has 1 aliphatic heterocycles. The van der Waals surface area contributed by atoms with E-state index in [0.717, 1.165) is 0 Å². The minimum absolute atomic E-state index is 0.0311. The molecule has 0 radical (unpaired) electrons. The van der Waals surface area contributed by atoms with Gasteiger partial charge >= 0.3 is 0 Å². The van der Waals surface area contributed by atoms with Crippen molar-refractivity contribution in [1.82, 2.24) is 0 Å². The van der Waals surface area contributed by atoms with E-state index in [4.69, 9.17) is 10.2 Å². The third-order valence-electron chi connectivity index (χ3n) is 6.62. The number of thioether (sulfide) groups is 1. The van der Waals surface area contributed by atoms with Crippen LogP contribution in [0, 0.1) is 17.3 Å². The van der Waals surface area contributed by atoms with Crippen molar-refractivity contribution in [3.8, 4) is 0 Å². The van der Waals surface area contributed by atoms with Gasteiger partial charge < -0.3 is 0 Å². The van der Waals surface area contributed by atoms with Gasteiger partial charge in [0, 0.05) is 5.41 Å². The van der Waals surface area contributed by atoms with Crippen LogP contribution in [0.25, 0.3) is 0 Å². The molecule has 0 unspecified atom stereocenters. The summed E-state index contributed by atoms with van der Waals surface area (Å²) in [6, 6.07) is 10.9. The van der Waals surface area contributed by atoms with E-state index >= 15 is 0 Å². The van der Waals surface area contributed by atoms with E-state index in [2.05, 4.69) is 61.9 Å². The van der Waals surface area contributed by atoms with Crippen molar-refractivity contribution < 1.29 is 0 Å². The molecule has 3 heteroatoms. The van der Waals surface area contributed by atoms with Crippen LogP contribution in [0.1, 0.15) is 38.7 Å². The summed E-state index contributed by atoms with van der Waals surface area (Å²) in [5.74, 6) is 1.28. The fourth-order valence-electron chi connectivity index (χ4n) is 5.64. The molecule has 0 N–H and O–H groups in total. The Balaban J connectivity index is 1.94. The number of nitrogens with zero attached hydrogens (tertiary/aromatic N) is 2. The Labute approximate surface area is 137 Å². The van der Waals surface area contributed by atoms with Gasteiger partial charge in [-0.25, -0.2) is 0 Å². The van der Waals surface area contributed by atoms with Gasteiger partial charge in [-0.05, 0) is 48.0 Å². The summed E-state index contributed by atoms with van der Waals surface area (Å²) in [5.41, 5.74) is 1.13. The zero-order valence-electron chi connectivity index (χ0n) is 13.6. The molecule has 22 heavy (non-hydrogen) atoms. The first kappa shape index (κ1) is 14.5. The largest absolute Gasteiger partial charge is 0.181 e. The van der Waals surface area contributed by atoms with Crippen LogP contribution in [0.3, 0.4) is 0 Å². The van der Waals surface area contributed by atoms with Gasteiger partial charge in [0.2, 0.25) is 0 Å². The van der Waals surface area contributed by atoms with Crippen molar-refractivity contribution in [3.05, 3.63) is 47.4 Å². The number of hydrogen-bond acceptors (Lipinski definition) is 3. The molecule has 0 spiro atoms. The van der Waals surface area contributed by atoms with E-state index in [0.29, 0.717) is 11.8 Å². The first-order valence-electron chi connectivity index (χ1n) is 8.30. The predicted octanol–water partition coefficient (Wildman–Crippen LogP) is 5.42. The Hall–Kier alpha value is -1.09. The second-order valence-electron chi connectivity index (χ2n) is 7.47. The highest BCUT2D eigenvalue weighted by Gasteiger charge is 2.76. The van der Waals surface area contributed by atoms with Gasteiger partial charge in [0.05, 0.1) is 0 Å². The van der Waals surface area contributed by atoms with Crippen LogP contribution in [0.4, 0.5) is 0 Å². The van der Waals surface area contributed by atoms with Crippen molar-refractivity contribution in [2.45, 2.75) is 44.2 Å². The summed E-state index contributed by atoms with van der Waals surface area (Å²) in [6.07, 6.45) is 8.39. The van der Waals surface area contributed by atoms with Crippen molar-refractivity contribution in [2.24, 2.45) is 27.5 Å². The molecule has 2 bridgehead atoms. The van der Waals surface area contributed by atoms with Crippen LogP contribution in [0.15, 0.2) is 52.0 Å². The Morgan fingerprint density at radius 2 is 1.82 bits per heavy atom. The van der Waals surface area contributed by atoms with Crippen LogP contribution in [0.2, 0.25) is 0 Å². The first-order valence-corrected chi connectivity index (χ1v) is 9.59. The lowest BCUT2D eigenvalue weighted by atomic mass is 9.63. The summed E-state index contributed by atoms with van der Waals surface area (Å²) in [6.45, 7) is 4.78. The molecule has 1 aromatic rings. The summed E-state index contributed by atoms with van der Waals surface area (Å²) >= 11 is 1.77. The molecule has 0 saturated heterocycles. The standard InChI is InChI=1S/C19H24N2S/c1-17(2)18(12-13-22-3)15-10-7-11-16(15)19(17,21-20-18)14-8-5-4-6-9-14/h4-6,8-9,12-13,15-16H,7,10-11H2,1-3H3/b13-12+/t15-,16+,18-,19+/m0/s1. The summed E-state index contributed by atoms with van der Waals surface area (Å²) in [4.78, 5) is 0. The van der Waals surface area contributed by atoms with Gasteiger partial charge in [-0.2, -0.15) is 10.2 Å². The van der Waals surface area contributed by atoms with E-state index in [1.807, 2.05) is 0 Å². The molecule has 2 nitrogen and oxygen atoms in total. The normalized spacial score (nSPS) is 41.4. The first-order chi connectivity index (χ1) is 10.6. The average Bonchev–Trinajstić information content (AvgIpc) is 3.14. The van der Waals surface area contributed by atoms with Crippen molar-refractivity contribution in [1.29, 1.82) is 0 Å². The number of fused-ring (bicyclic) bond motifs is 5. The van der Waals surface area contributed by atoms with E-state index < -0.39 is 0 Å². The molecule has 1 aromatic carbocycles. The zero-order valence-corrected chi connectivity index (χ0v) is 14.4. The van der Waals surface area contributed by atoms with Crippen molar-refractivity contribution >= 4 is 11.8 Å². The highest BCUT2D eigenvalue weighted by atomic mass is 32.2. The maximum Gasteiger partial charge on any atom is 0.117 e. The molecular weight excluding hydrogens is 288 g/mol. The maximum atomic E-state index is 4.99. The second kappa shape index (κ2) is 4.70. The van der Waals surface area contributed by atoms with Gasteiger partial charge in [0.1, 0.15) is 11.1 Å². The molecule has 2 aliphatic carbocycles. The topological polar surface area (TPSA) is 24.7 Å². The van der Waals surface area contributed by atoms with Crippen LogP contribution in [-0.4, -0.2) is 11.8 Å². The summed E-state index contributed by atoms with van der Waals surface area (Å²) < 4.78 is 0. The third-order valence-corrected chi connectivity index (χ3v) is 7.03. The molecule has 2 saturated carbocycles. The van der Waals surface area contributed by atoms with Crippen molar-refractivity contribution in [2.75, 3.05) is 6.26 Å². The highest BCUT2D eigenvalue weighted by Crippen LogP contribution is 2.74. The highest BCUT2D eigenvalue weighted by molar-refractivity contribution is 8.01. The molecular formula is C19H24N2S. The van der Waals surface area contributed by atoms with Gasteiger partial charge in [0.25, 0.3) is 0 Å². The molecule has 116 valence electrons. The number of benzene rings is 1. The lowest BCUT2D eigenvalue weighted by Crippen LogP contribution is -2.45. The van der Waals surface area contributed by atoms with Gasteiger partial charge in [-0.1, -0.05) is 50.6 Å². The average molecular weight is 312 g/mol. The van der Waals surface area contributed by atoms with Crippen LogP contribution in [0.5, 0.6) is 0 Å². The maximum absolute atomic E-state index is 4.99. The van der Waals surface area contributed by atoms with Crippen LogP contribution in [-0.2, 0) is 5.54 Å². The molecule has 0 amide bonds. The second-order valence-corrected chi connectivity index (χ2v) is 8.21. The lowest BCUT2D eigenvalue weighted by Gasteiger charge is -2.40. The molecule has 4 atom stereocenters. The SMILES string of the molecule is CS/C=C/[C@]12N=N[C@](c3ccccc3)([C@@H]3CCC[C@@H]31)C2(C)C. The Kier molecular flexibility index (Phi) is 3.10. The Bertz CT molecular complexity index is 636. The quantitative estimate of drug-likeness (QED) is 0.731. The Morgan fingerprint density at radius 3 is 2.55 bits per heavy atom. The minimum Gasteiger partial charge on any atom is -0.181 e. The summed E-state index contributed by atoms with van der Waals surface area (Å²) in [7, 11) is 0. The Morgan fingerprint density at radius 1 is 1.09 bits per heavy atom. The van der Waals surface area contributed by atoms with Gasteiger partial charge in [-0.3, -0.25) is 0 Å². The monoisotopic (exact) mass is 312 g/mol. The van der Waals surface area contributed by atoms with E-state index in [1.165, 1.54) is 24.8 Å². The predicted molar refractivity (Wildman–Crippen MR) is 93.0 cm³/mol. The third kappa shape index (κ3) is 1.44. The molecule has 4 rings (SSSR count). The minimum atomic E-state index is -0.141. The van der Waals surface area contributed by atoms with E-state index in [1.54, 1.807) is 11.8 Å². The molecule has 2 fully saturated rings.